The van der Waals surface area contributed by atoms with Crippen LogP contribution < -0.4 is 9.46 Å². The van der Waals surface area contributed by atoms with Gasteiger partial charge in [-0.05, 0) is 51.3 Å². The summed E-state index contributed by atoms with van der Waals surface area (Å²) in [5.74, 6) is -1.30. The molecule has 0 fully saturated rings. The van der Waals surface area contributed by atoms with Gasteiger partial charge in [0.1, 0.15) is 5.75 Å². The highest BCUT2D eigenvalue weighted by molar-refractivity contribution is 7.92. The van der Waals surface area contributed by atoms with Gasteiger partial charge in [0.05, 0.1) is 43.1 Å². The number of benzene rings is 1. The van der Waals surface area contributed by atoms with E-state index in [1.165, 1.54) is 35.0 Å². The molecule has 1 aromatic rings. The molecule has 0 saturated carbocycles. The molecule has 2 N–H and O–H groups in total. The number of amides is 2. The standard InChI is InChI=1S/C27H42F3N3O7S/c1-18-15-33(19(2)17-34)26(36)22-14-21(31-41(5,37)38)9-10-23(22)40-20(3)8-6-7-13-39-24(18)16-32(4)25(35)11-12-27(28,29)30/h9-10,14,18-20,24,31,34H,6-8,11-13,15-17H2,1-5H3/t18-,19+,20-,24-/m0/s1. The largest absolute Gasteiger partial charge is 0.490 e. The molecular formula is C27H42F3N3O7S. The lowest BCUT2D eigenvalue weighted by molar-refractivity contribution is -0.149. The van der Waals surface area contributed by atoms with Crippen LogP contribution in [0.5, 0.6) is 5.75 Å². The summed E-state index contributed by atoms with van der Waals surface area (Å²) in [6.07, 6.45) is -4.20. The van der Waals surface area contributed by atoms with Crippen LogP contribution >= 0.6 is 0 Å². The van der Waals surface area contributed by atoms with E-state index in [9.17, 15) is 36.3 Å². The summed E-state index contributed by atoms with van der Waals surface area (Å²) in [6.45, 7) is 5.37. The lowest BCUT2D eigenvalue weighted by Gasteiger charge is -2.36. The van der Waals surface area contributed by atoms with Crippen LogP contribution in [0.4, 0.5) is 18.9 Å². The molecule has 4 atom stereocenters. The van der Waals surface area contributed by atoms with E-state index in [0.717, 1.165) is 12.7 Å². The number of likely N-dealkylation sites (N-methyl/N-ethyl adjacent to an activating group) is 1. The number of anilines is 1. The number of alkyl halides is 3. The zero-order valence-corrected chi connectivity index (χ0v) is 25.1. The van der Waals surface area contributed by atoms with Crippen molar-refractivity contribution in [2.75, 3.05) is 44.3 Å². The molecule has 0 unspecified atom stereocenters. The van der Waals surface area contributed by atoms with E-state index >= 15 is 0 Å². The third-order valence-corrected chi connectivity index (χ3v) is 7.46. The van der Waals surface area contributed by atoms with Gasteiger partial charge in [-0.25, -0.2) is 8.42 Å². The highest BCUT2D eigenvalue weighted by Gasteiger charge is 2.32. The third-order valence-electron chi connectivity index (χ3n) is 6.86. The second kappa shape index (κ2) is 15.1. The smallest absolute Gasteiger partial charge is 0.389 e. The van der Waals surface area contributed by atoms with Crippen LogP contribution in [0, 0.1) is 5.92 Å². The molecule has 2 rings (SSSR count). The molecule has 0 bridgehead atoms. The summed E-state index contributed by atoms with van der Waals surface area (Å²) in [5.41, 5.74) is 0.272. The van der Waals surface area contributed by atoms with E-state index in [1.807, 2.05) is 6.92 Å². The van der Waals surface area contributed by atoms with Crippen molar-refractivity contribution < 1.29 is 45.8 Å². The Balaban J connectivity index is 2.42. The second-order valence-electron chi connectivity index (χ2n) is 10.8. The fourth-order valence-electron chi connectivity index (χ4n) is 4.47. The first-order valence-electron chi connectivity index (χ1n) is 13.6. The van der Waals surface area contributed by atoms with Crippen LogP contribution in [0.2, 0.25) is 0 Å². The minimum atomic E-state index is -4.44. The summed E-state index contributed by atoms with van der Waals surface area (Å²) in [6, 6.07) is 3.77. The maximum Gasteiger partial charge on any atom is 0.389 e. The lowest BCUT2D eigenvalue weighted by atomic mass is 10.0. The van der Waals surface area contributed by atoms with E-state index in [0.29, 0.717) is 19.4 Å². The molecule has 41 heavy (non-hydrogen) atoms. The second-order valence-corrected chi connectivity index (χ2v) is 12.5. The fraction of sp³-hybridized carbons (Fsp3) is 0.704. The van der Waals surface area contributed by atoms with Crippen LogP contribution in [-0.2, 0) is 19.6 Å². The van der Waals surface area contributed by atoms with Crippen molar-refractivity contribution in [3.63, 3.8) is 0 Å². The highest BCUT2D eigenvalue weighted by Crippen LogP contribution is 2.29. The number of carbonyl (C=O) groups excluding carboxylic acids is 2. The molecule has 234 valence electrons. The number of halogens is 3. The summed E-state index contributed by atoms with van der Waals surface area (Å²) in [7, 11) is -2.21. The van der Waals surface area contributed by atoms with E-state index in [2.05, 4.69) is 4.72 Å². The quantitative estimate of drug-likeness (QED) is 0.461. The number of nitrogens with zero attached hydrogens (tertiary/aromatic N) is 2. The van der Waals surface area contributed by atoms with Gasteiger partial charge in [0.25, 0.3) is 5.91 Å². The lowest BCUT2D eigenvalue weighted by Crippen LogP contribution is -2.48. The van der Waals surface area contributed by atoms with Crippen molar-refractivity contribution in [3.8, 4) is 5.75 Å². The maximum atomic E-state index is 13.9. The van der Waals surface area contributed by atoms with E-state index < -0.39 is 58.9 Å². The van der Waals surface area contributed by atoms with E-state index in [-0.39, 0.29) is 42.8 Å². The van der Waals surface area contributed by atoms with Gasteiger partial charge in [0.2, 0.25) is 15.9 Å². The van der Waals surface area contributed by atoms with Gasteiger partial charge >= 0.3 is 6.18 Å². The summed E-state index contributed by atoms with van der Waals surface area (Å²) in [4.78, 5) is 29.0. The Morgan fingerprint density at radius 1 is 1.27 bits per heavy atom. The number of aliphatic hydroxyl groups excluding tert-OH is 1. The number of fused-ring (bicyclic) bond motifs is 1. The van der Waals surface area contributed by atoms with Gasteiger partial charge in [-0.1, -0.05) is 6.92 Å². The number of sulfonamides is 1. The van der Waals surface area contributed by atoms with Gasteiger partial charge in [-0.3, -0.25) is 14.3 Å². The van der Waals surface area contributed by atoms with Crippen LogP contribution in [0.3, 0.4) is 0 Å². The Labute approximate surface area is 240 Å². The zero-order valence-electron chi connectivity index (χ0n) is 24.2. The molecule has 0 spiro atoms. The summed E-state index contributed by atoms with van der Waals surface area (Å²) in [5, 5.41) is 9.98. The van der Waals surface area contributed by atoms with Crippen molar-refractivity contribution >= 4 is 27.5 Å². The Morgan fingerprint density at radius 2 is 1.95 bits per heavy atom. The number of carbonyl (C=O) groups is 2. The normalized spacial score (nSPS) is 22.2. The minimum absolute atomic E-state index is 0.0198. The Hall–Kier alpha value is -2.58. The van der Waals surface area contributed by atoms with Gasteiger partial charge in [0, 0.05) is 44.8 Å². The number of ether oxygens (including phenoxy) is 2. The molecule has 0 radical (unpaired) electrons. The molecule has 10 nitrogen and oxygen atoms in total. The molecule has 2 amide bonds. The van der Waals surface area contributed by atoms with Crippen LogP contribution in [0.25, 0.3) is 0 Å². The summed E-state index contributed by atoms with van der Waals surface area (Å²) >= 11 is 0. The number of aliphatic hydroxyl groups is 1. The first-order valence-corrected chi connectivity index (χ1v) is 15.5. The minimum Gasteiger partial charge on any atom is -0.490 e. The molecule has 0 aromatic heterocycles. The maximum absolute atomic E-state index is 13.9. The Bertz CT molecular complexity index is 1130. The van der Waals surface area contributed by atoms with E-state index in [1.54, 1.807) is 13.8 Å². The fourth-order valence-corrected chi connectivity index (χ4v) is 5.03. The molecule has 14 heteroatoms. The molecule has 1 aliphatic rings. The topological polar surface area (TPSA) is 125 Å². The molecule has 0 aliphatic carbocycles. The average molecular weight is 610 g/mol. The molecule has 0 saturated heterocycles. The molecule has 1 heterocycles. The van der Waals surface area contributed by atoms with Crippen molar-refractivity contribution in [1.82, 2.24) is 9.80 Å². The van der Waals surface area contributed by atoms with Crippen LogP contribution in [-0.4, -0.2) is 99.2 Å². The van der Waals surface area contributed by atoms with Gasteiger partial charge in [-0.2, -0.15) is 13.2 Å². The van der Waals surface area contributed by atoms with Crippen LogP contribution in [0.15, 0.2) is 18.2 Å². The number of rotatable bonds is 8. The predicted octanol–water partition coefficient (Wildman–Crippen LogP) is 3.65. The van der Waals surface area contributed by atoms with Crippen molar-refractivity contribution in [2.24, 2.45) is 5.92 Å². The van der Waals surface area contributed by atoms with Gasteiger partial charge < -0.3 is 24.4 Å². The molecule has 1 aromatic carbocycles. The van der Waals surface area contributed by atoms with Crippen LogP contribution in [0.1, 0.15) is 63.2 Å². The number of hydrogen-bond acceptors (Lipinski definition) is 7. The monoisotopic (exact) mass is 609 g/mol. The molecular weight excluding hydrogens is 567 g/mol. The van der Waals surface area contributed by atoms with Crippen molar-refractivity contribution in [2.45, 2.75) is 77.3 Å². The van der Waals surface area contributed by atoms with Crippen molar-refractivity contribution in [1.29, 1.82) is 0 Å². The average Bonchev–Trinajstić information content (AvgIpc) is 2.87. The number of hydrogen-bond donors (Lipinski definition) is 2. The summed E-state index contributed by atoms with van der Waals surface area (Å²) < 4.78 is 76.2. The van der Waals surface area contributed by atoms with Crippen molar-refractivity contribution in [3.05, 3.63) is 23.8 Å². The Morgan fingerprint density at radius 3 is 2.56 bits per heavy atom. The SMILES string of the molecule is C[C@H](CO)N1C[C@H](C)[C@H](CN(C)C(=O)CCC(F)(F)F)OCCCC[C@H](C)Oc2ccc(NS(C)(=O)=O)cc2C1=O. The van der Waals surface area contributed by atoms with E-state index in [4.69, 9.17) is 9.47 Å². The Kier molecular flexibility index (Phi) is 12.7. The first-order chi connectivity index (χ1) is 19.0. The van der Waals surface area contributed by atoms with Gasteiger partial charge in [0.15, 0.2) is 0 Å². The zero-order chi connectivity index (χ0) is 31.0. The first kappa shape index (κ1) is 34.6. The molecule has 1 aliphatic heterocycles. The van der Waals surface area contributed by atoms with Gasteiger partial charge in [-0.15, -0.1) is 0 Å². The predicted molar refractivity (Wildman–Crippen MR) is 148 cm³/mol. The number of nitrogens with one attached hydrogen (secondary N) is 1. The third kappa shape index (κ3) is 11.7. The highest BCUT2D eigenvalue weighted by atomic mass is 32.2.